The quantitative estimate of drug-likeness (QED) is 0.874. The molecule has 0 aliphatic rings. The van der Waals surface area contributed by atoms with E-state index in [2.05, 4.69) is 0 Å². The van der Waals surface area contributed by atoms with Crippen LogP contribution in [0.15, 0.2) is 48.5 Å². The SMILES string of the molecule is Cc1cccc(OCCC(C(=O)O)c2ccccc2)c1C. The van der Waals surface area contributed by atoms with Gasteiger partial charge in [0.15, 0.2) is 0 Å². The topological polar surface area (TPSA) is 46.5 Å². The summed E-state index contributed by atoms with van der Waals surface area (Å²) < 4.78 is 5.76. The third-order valence-electron chi connectivity index (χ3n) is 3.72. The smallest absolute Gasteiger partial charge is 0.311 e. The van der Waals surface area contributed by atoms with Gasteiger partial charge in [-0.05, 0) is 43.0 Å². The van der Waals surface area contributed by atoms with Crippen LogP contribution in [0.25, 0.3) is 0 Å². The number of carbonyl (C=O) groups is 1. The van der Waals surface area contributed by atoms with Crippen LogP contribution in [0.1, 0.15) is 29.0 Å². The number of carboxylic acids is 1. The molecule has 2 aromatic carbocycles. The van der Waals surface area contributed by atoms with Crippen molar-refractivity contribution in [2.45, 2.75) is 26.2 Å². The van der Waals surface area contributed by atoms with Crippen LogP contribution in [-0.4, -0.2) is 17.7 Å². The molecule has 0 saturated heterocycles. The summed E-state index contributed by atoms with van der Waals surface area (Å²) in [6, 6.07) is 15.2. The highest BCUT2D eigenvalue weighted by molar-refractivity contribution is 5.76. The van der Waals surface area contributed by atoms with Crippen LogP contribution >= 0.6 is 0 Å². The van der Waals surface area contributed by atoms with Gasteiger partial charge in [-0.25, -0.2) is 0 Å². The van der Waals surface area contributed by atoms with E-state index in [0.717, 1.165) is 16.9 Å². The van der Waals surface area contributed by atoms with Crippen LogP contribution < -0.4 is 4.74 Å². The van der Waals surface area contributed by atoms with Crippen molar-refractivity contribution in [3.8, 4) is 5.75 Å². The lowest BCUT2D eigenvalue weighted by Crippen LogP contribution is -2.15. The van der Waals surface area contributed by atoms with Crippen molar-refractivity contribution in [3.63, 3.8) is 0 Å². The van der Waals surface area contributed by atoms with E-state index in [-0.39, 0.29) is 0 Å². The molecule has 21 heavy (non-hydrogen) atoms. The molecule has 0 amide bonds. The van der Waals surface area contributed by atoms with Crippen LogP contribution in [0.4, 0.5) is 0 Å². The third kappa shape index (κ3) is 3.85. The van der Waals surface area contributed by atoms with Gasteiger partial charge in [0.05, 0.1) is 12.5 Å². The van der Waals surface area contributed by atoms with Gasteiger partial charge in [-0.15, -0.1) is 0 Å². The van der Waals surface area contributed by atoms with E-state index >= 15 is 0 Å². The number of ether oxygens (including phenoxy) is 1. The minimum Gasteiger partial charge on any atom is -0.493 e. The standard InChI is InChI=1S/C18H20O3/c1-13-7-6-10-17(14(13)2)21-12-11-16(18(19)20)15-8-4-3-5-9-15/h3-10,16H,11-12H2,1-2H3,(H,19,20). The van der Waals surface area contributed by atoms with E-state index < -0.39 is 11.9 Å². The summed E-state index contributed by atoms with van der Waals surface area (Å²) in [6.45, 7) is 4.43. The molecular weight excluding hydrogens is 264 g/mol. The van der Waals surface area contributed by atoms with E-state index in [1.165, 1.54) is 5.56 Å². The van der Waals surface area contributed by atoms with Crippen molar-refractivity contribution in [2.24, 2.45) is 0 Å². The lowest BCUT2D eigenvalue weighted by molar-refractivity contribution is -0.139. The van der Waals surface area contributed by atoms with Gasteiger partial charge in [-0.1, -0.05) is 42.5 Å². The highest BCUT2D eigenvalue weighted by atomic mass is 16.5. The fourth-order valence-corrected chi connectivity index (χ4v) is 2.29. The molecule has 3 heteroatoms. The minimum atomic E-state index is -0.814. The summed E-state index contributed by atoms with van der Waals surface area (Å²) in [6.07, 6.45) is 0.451. The first kappa shape index (κ1) is 15.1. The maximum absolute atomic E-state index is 11.4. The predicted octanol–water partition coefficient (Wildman–Crippen LogP) is 3.94. The van der Waals surface area contributed by atoms with Crippen LogP contribution in [-0.2, 0) is 4.79 Å². The van der Waals surface area contributed by atoms with Crippen LogP contribution in [0.2, 0.25) is 0 Å². The van der Waals surface area contributed by atoms with E-state index in [9.17, 15) is 9.90 Å². The average Bonchev–Trinajstić information content (AvgIpc) is 2.48. The lowest BCUT2D eigenvalue weighted by atomic mass is 9.96. The molecular formula is C18H20O3. The van der Waals surface area contributed by atoms with E-state index in [0.29, 0.717) is 13.0 Å². The van der Waals surface area contributed by atoms with Crippen LogP contribution in [0, 0.1) is 13.8 Å². The summed E-state index contributed by atoms with van der Waals surface area (Å²) in [5.74, 6) is -0.519. The summed E-state index contributed by atoms with van der Waals surface area (Å²) in [5.41, 5.74) is 3.09. The van der Waals surface area contributed by atoms with E-state index in [1.54, 1.807) is 0 Å². The first-order chi connectivity index (χ1) is 10.1. The van der Waals surface area contributed by atoms with Crippen molar-refractivity contribution in [1.29, 1.82) is 0 Å². The summed E-state index contributed by atoms with van der Waals surface area (Å²) in [7, 11) is 0. The van der Waals surface area contributed by atoms with E-state index in [1.807, 2.05) is 62.4 Å². The largest absolute Gasteiger partial charge is 0.493 e. The molecule has 1 unspecified atom stereocenters. The second-order valence-electron chi connectivity index (χ2n) is 5.14. The van der Waals surface area contributed by atoms with Gasteiger partial charge in [-0.2, -0.15) is 0 Å². The average molecular weight is 284 g/mol. The number of aryl methyl sites for hydroxylation is 1. The molecule has 0 saturated carbocycles. The lowest BCUT2D eigenvalue weighted by Gasteiger charge is -2.15. The van der Waals surface area contributed by atoms with Gasteiger partial charge in [0.25, 0.3) is 0 Å². The molecule has 0 aromatic heterocycles. The zero-order valence-corrected chi connectivity index (χ0v) is 12.4. The Hall–Kier alpha value is -2.29. The van der Waals surface area contributed by atoms with Crippen LogP contribution in [0.3, 0.4) is 0 Å². The number of benzene rings is 2. The fraction of sp³-hybridized carbons (Fsp3) is 0.278. The van der Waals surface area contributed by atoms with Gasteiger partial charge in [0.1, 0.15) is 5.75 Å². The predicted molar refractivity (Wildman–Crippen MR) is 82.8 cm³/mol. The molecule has 0 spiro atoms. The van der Waals surface area contributed by atoms with Gasteiger partial charge >= 0.3 is 5.97 Å². The van der Waals surface area contributed by atoms with Crippen molar-refractivity contribution in [2.75, 3.05) is 6.61 Å². The number of aliphatic carboxylic acids is 1. The zero-order chi connectivity index (χ0) is 15.2. The Morgan fingerprint density at radius 2 is 1.81 bits per heavy atom. The van der Waals surface area contributed by atoms with E-state index in [4.69, 9.17) is 4.74 Å². The molecule has 3 nitrogen and oxygen atoms in total. The molecule has 110 valence electrons. The minimum absolute atomic E-state index is 0.385. The molecule has 1 N–H and O–H groups in total. The second kappa shape index (κ2) is 6.93. The van der Waals surface area contributed by atoms with Crippen molar-refractivity contribution in [1.82, 2.24) is 0 Å². The molecule has 2 aromatic rings. The monoisotopic (exact) mass is 284 g/mol. The molecule has 2 rings (SSSR count). The fourth-order valence-electron chi connectivity index (χ4n) is 2.29. The Kier molecular flexibility index (Phi) is 4.99. The molecule has 0 radical (unpaired) electrons. The number of rotatable bonds is 6. The summed E-state index contributed by atoms with van der Waals surface area (Å²) in [5, 5.41) is 9.37. The number of hydrogen-bond donors (Lipinski definition) is 1. The highest BCUT2D eigenvalue weighted by Gasteiger charge is 2.19. The zero-order valence-electron chi connectivity index (χ0n) is 12.4. The molecule has 0 heterocycles. The first-order valence-electron chi connectivity index (χ1n) is 7.06. The van der Waals surface area contributed by atoms with Gasteiger partial charge in [0, 0.05) is 0 Å². The summed E-state index contributed by atoms with van der Waals surface area (Å²) in [4.78, 5) is 11.4. The molecule has 0 aliphatic heterocycles. The Morgan fingerprint density at radius 3 is 2.48 bits per heavy atom. The molecule has 1 atom stereocenters. The maximum atomic E-state index is 11.4. The molecule has 0 fully saturated rings. The van der Waals surface area contributed by atoms with Crippen LogP contribution in [0.5, 0.6) is 5.75 Å². The van der Waals surface area contributed by atoms with Crippen molar-refractivity contribution in [3.05, 3.63) is 65.2 Å². The third-order valence-corrected chi connectivity index (χ3v) is 3.72. The Balaban J connectivity index is 2.00. The van der Waals surface area contributed by atoms with Crippen molar-refractivity contribution < 1.29 is 14.6 Å². The highest BCUT2D eigenvalue weighted by Crippen LogP contribution is 2.23. The molecule has 0 aliphatic carbocycles. The van der Waals surface area contributed by atoms with Crippen molar-refractivity contribution >= 4 is 5.97 Å². The number of carboxylic acid groups (broad SMARTS) is 1. The Bertz CT molecular complexity index is 605. The van der Waals surface area contributed by atoms with Gasteiger partial charge in [0.2, 0.25) is 0 Å². The number of hydrogen-bond acceptors (Lipinski definition) is 2. The Labute approximate surface area is 125 Å². The normalized spacial score (nSPS) is 11.9. The van der Waals surface area contributed by atoms with Gasteiger partial charge < -0.3 is 9.84 Å². The second-order valence-corrected chi connectivity index (χ2v) is 5.14. The first-order valence-corrected chi connectivity index (χ1v) is 7.06. The maximum Gasteiger partial charge on any atom is 0.311 e. The molecule has 0 bridgehead atoms. The van der Waals surface area contributed by atoms with Gasteiger partial charge in [-0.3, -0.25) is 4.79 Å². The Morgan fingerprint density at radius 1 is 1.10 bits per heavy atom. The summed E-state index contributed by atoms with van der Waals surface area (Å²) >= 11 is 0.